The van der Waals surface area contributed by atoms with E-state index >= 15 is 0 Å². The maximum absolute atomic E-state index is 11.4. The van der Waals surface area contributed by atoms with Crippen molar-refractivity contribution in [1.82, 2.24) is 4.90 Å². The highest BCUT2D eigenvalue weighted by Gasteiger charge is 2.15. The minimum absolute atomic E-state index is 0.395. The average molecular weight is 280 g/mol. The molecule has 112 valence electrons. The predicted molar refractivity (Wildman–Crippen MR) is 78.7 cm³/mol. The molecule has 5 heteroatoms. The predicted octanol–water partition coefficient (Wildman–Crippen LogP) is 1.19. The maximum Gasteiger partial charge on any atom is 0.322 e. The summed E-state index contributed by atoms with van der Waals surface area (Å²) in [5.74, 6) is 0.477. The SMILES string of the molecule is CCOc1ccc(CC(N)C(=O)OC)cc1CN(C)C. The van der Waals surface area contributed by atoms with Gasteiger partial charge in [-0.25, -0.2) is 0 Å². The molecule has 1 rings (SSSR count). The second-order valence-electron chi connectivity index (χ2n) is 4.95. The molecule has 1 unspecified atom stereocenters. The zero-order valence-electron chi connectivity index (χ0n) is 12.7. The Morgan fingerprint density at radius 3 is 2.65 bits per heavy atom. The number of nitrogens with two attached hydrogens (primary N) is 1. The largest absolute Gasteiger partial charge is 0.494 e. The van der Waals surface area contributed by atoms with Crippen molar-refractivity contribution < 1.29 is 14.3 Å². The standard InChI is InChI=1S/C15H24N2O3/c1-5-20-14-7-6-11(8-12(14)10-17(2)3)9-13(16)15(18)19-4/h6-8,13H,5,9-10,16H2,1-4H3. The van der Waals surface area contributed by atoms with Crippen LogP contribution in [0.4, 0.5) is 0 Å². The number of methoxy groups -OCH3 is 1. The van der Waals surface area contributed by atoms with E-state index in [1.807, 2.05) is 39.2 Å². The van der Waals surface area contributed by atoms with Gasteiger partial charge in [0.2, 0.25) is 0 Å². The van der Waals surface area contributed by atoms with E-state index in [1.165, 1.54) is 7.11 Å². The van der Waals surface area contributed by atoms with Gasteiger partial charge in [-0.2, -0.15) is 0 Å². The minimum Gasteiger partial charge on any atom is -0.494 e. The van der Waals surface area contributed by atoms with Gasteiger partial charge in [0.1, 0.15) is 11.8 Å². The van der Waals surface area contributed by atoms with Crippen LogP contribution in [0.2, 0.25) is 0 Å². The van der Waals surface area contributed by atoms with E-state index in [-0.39, 0.29) is 0 Å². The summed E-state index contributed by atoms with van der Waals surface area (Å²) in [5, 5.41) is 0. The number of carbonyl (C=O) groups is 1. The molecule has 1 aromatic carbocycles. The van der Waals surface area contributed by atoms with E-state index < -0.39 is 12.0 Å². The van der Waals surface area contributed by atoms with Crippen LogP contribution in [0.3, 0.4) is 0 Å². The van der Waals surface area contributed by atoms with Gasteiger partial charge in [-0.15, -0.1) is 0 Å². The van der Waals surface area contributed by atoms with Gasteiger partial charge >= 0.3 is 5.97 Å². The summed E-state index contributed by atoms with van der Waals surface area (Å²) < 4.78 is 10.3. The molecule has 0 aliphatic carbocycles. The Morgan fingerprint density at radius 1 is 1.40 bits per heavy atom. The number of ether oxygens (including phenoxy) is 2. The molecule has 0 saturated carbocycles. The molecular formula is C15H24N2O3. The Hall–Kier alpha value is -1.59. The topological polar surface area (TPSA) is 64.8 Å². The van der Waals surface area contributed by atoms with E-state index in [0.717, 1.165) is 23.4 Å². The van der Waals surface area contributed by atoms with Gasteiger partial charge in [0.25, 0.3) is 0 Å². The van der Waals surface area contributed by atoms with Crippen LogP contribution in [-0.2, 0) is 22.5 Å². The summed E-state index contributed by atoms with van der Waals surface area (Å²) in [4.78, 5) is 13.4. The first-order valence-corrected chi connectivity index (χ1v) is 6.70. The van der Waals surface area contributed by atoms with Crippen LogP contribution in [0.15, 0.2) is 18.2 Å². The van der Waals surface area contributed by atoms with Gasteiger partial charge in [0.05, 0.1) is 13.7 Å². The third kappa shape index (κ3) is 4.83. The Balaban J connectivity index is 2.90. The number of hydrogen-bond acceptors (Lipinski definition) is 5. The summed E-state index contributed by atoms with van der Waals surface area (Å²) in [6.07, 6.45) is 0.458. The zero-order valence-corrected chi connectivity index (χ0v) is 12.7. The molecule has 1 aromatic rings. The molecule has 0 fully saturated rings. The van der Waals surface area contributed by atoms with Crippen LogP contribution in [-0.4, -0.2) is 44.7 Å². The highest BCUT2D eigenvalue weighted by Crippen LogP contribution is 2.22. The van der Waals surface area contributed by atoms with Crippen LogP contribution in [0.1, 0.15) is 18.1 Å². The first-order valence-electron chi connectivity index (χ1n) is 6.70. The van der Waals surface area contributed by atoms with Gasteiger partial charge in [0, 0.05) is 12.1 Å². The van der Waals surface area contributed by atoms with Crippen molar-refractivity contribution in [3.63, 3.8) is 0 Å². The van der Waals surface area contributed by atoms with Gasteiger partial charge in [-0.1, -0.05) is 12.1 Å². The summed E-state index contributed by atoms with van der Waals surface area (Å²) >= 11 is 0. The lowest BCUT2D eigenvalue weighted by Crippen LogP contribution is -2.33. The van der Waals surface area contributed by atoms with Crippen LogP contribution >= 0.6 is 0 Å². The van der Waals surface area contributed by atoms with Crippen LogP contribution < -0.4 is 10.5 Å². The molecule has 20 heavy (non-hydrogen) atoms. The summed E-state index contributed by atoms with van der Waals surface area (Å²) in [5.41, 5.74) is 7.88. The van der Waals surface area contributed by atoms with Crippen molar-refractivity contribution in [1.29, 1.82) is 0 Å². The normalized spacial score (nSPS) is 12.3. The van der Waals surface area contributed by atoms with Crippen LogP contribution in [0.25, 0.3) is 0 Å². The van der Waals surface area contributed by atoms with Crippen molar-refractivity contribution in [2.45, 2.75) is 25.9 Å². The van der Waals surface area contributed by atoms with E-state index in [4.69, 9.17) is 10.5 Å². The Morgan fingerprint density at radius 2 is 2.10 bits per heavy atom. The molecule has 0 aliphatic heterocycles. The lowest BCUT2D eigenvalue weighted by molar-refractivity contribution is -0.142. The zero-order chi connectivity index (χ0) is 15.1. The summed E-state index contributed by atoms with van der Waals surface area (Å²) in [7, 11) is 5.35. The second-order valence-corrected chi connectivity index (χ2v) is 4.95. The van der Waals surface area contributed by atoms with E-state index in [0.29, 0.717) is 13.0 Å². The van der Waals surface area contributed by atoms with Gasteiger partial charge in [-0.3, -0.25) is 4.79 Å². The Labute approximate surface area is 120 Å². The molecule has 0 saturated heterocycles. The van der Waals surface area contributed by atoms with Gasteiger partial charge in [-0.05, 0) is 39.1 Å². The fourth-order valence-electron chi connectivity index (χ4n) is 2.01. The number of esters is 1. The molecule has 0 aromatic heterocycles. The highest BCUT2D eigenvalue weighted by molar-refractivity contribution is 5.75. The summed E-state index contributed by atoms with van der Waals surface area (Å²) in [6.45, 7) is 3.36. The minimum atomic E-state index is -0.634. The van der Waals surface area contributed by atoms with Gasteiger partial charge in [0.15, 0.2) is 0 Å². The van der Waals surface area contributed by atoms with E-state index in [1.54, 1.807) is 0 Å². The Bertz CT molecular complexity index is 447. The molecule has 0 bridgehead atoms. The maximum atomic E-state index is 11.4. The van der Waals surface area contributed by atoms with Gasteiger partial charge < -0.3 is 20.1 Å². The van der Waals surface area contributed by atoms with Crippen molar-refractivity contribution in [2.75, 3.05) is 27.8 Å². The van der Waals surface area contributed by atoms with Crippen molar-refractivity contribution in [3.8, 4) is 5.75 Å². The number of nitrogens with zero attached hydrogens (tertiary/aromatic N) is 1. The first-order chi connectivity index (χ1) is 9.47. The average Bonchev–Trinajstić information content (AvgIpc) is 2.40. The molecule has 0 heterocycles. The van der Waals surface area contributed by atoms with Crippen molar-refractivity contribution in [3.05, 3.63) is 29.3 Å². The molecular weight excluding hydrogens is 256 g/mol. The second kappa shape index (κ2) is 7.87. The highest BCUT2D eigenvalue weighted by atomic mass is 16.5. The molecule has 0 aliphatic rings. The monoisotopic (exact) mass is 280 g/mol. The third-order valence-electron chi connectivity index (χ3n) is 2.87. The molecule has 0 spiro atoms. The lowest BCUT2D eigenvalue weighted by Gasteiger charge is -2.16. The number of carbonyl (C=O) groups excluding carboxylic acids is 1. The number of benzene rings is 1. The number of hydrogen-bond donors (Lipinski definition) is 1. The molecule has 0 amide bonds. The molecule has 1 atom stereocenters. The quantitative estimate of drug-likeness (QED) is 0.760. The fraction of sp³-hybridized carbons (Fsp3) is 0.533. The van der Waals surface area contributed by atoms with Crippen LogP contribution in [0, 0.1) is 0 Å². The van der Waals surface area contributed by atoms with Crippen molar-refractivity contribution >= 4 is 5.97 Å². The molecule has 2 N–H and O–H groups in total. The summed E-state index contributed by atoms with van der Waals surface area (Å²) in [6, 6.07) is 5.27. The fourth-order valence-corrected chi connectivity index (χ4v) is 2.01. The molecule has 0 radical (unpaired) electrons. The lowest BCUT2D eigenvalue weighted by atomic mass is 10.0. The first kappa shape index (κ1) is 16.5. The van der Waals surface area contributed by atoms with Crippen LogP contribution in [0.5, 0.6) is 5.75 Å². The molecule has 5 nitrogen and oxygen atoms in total. The Kier molecular flexibility index (Phi) is 6.48. The van der Waals surface area contributed by atoms with Crippen molar-refractivity contribution in [2.24, 2.45) is 5.73 Å². The number of rotatable bonds is 7. The van der Waals surface area contributed by atoms with E-state index in [2.05, 4.69) is 9.64 Å². The third-order valence-corrected chi connectivity index (χ3v) is 2.87. The smallest absolute Gasteiger partial charge is 0.322 e. The van der Waals surface area contributed by atoms with E-state index in [9.17, 15) is 4.79 Å².